The summed E-state index contributed by atoms with van der Waals surface area (Å²) in [5.41, 5.74) is 5.01. The Morgan fingerprint density at radius 2 is 1.59 bits per heavy atom. The number of hydrogen-bond acceptors (Lipinski definition) is 1. The number of aromatic nitrogens is 1. The highest BCUT2D eigenvalue weighted by Gasteiger charge is 2.14. The molecule has 0 saturated heterocycles. The molecule has 2 aromatic rings. The lowest BCUT2D eigenvalue weighted by molar-refractivity contribution is 0.589. The molecular weight excluding hydrogens is 206 g/mol. The van der Waals surface area contributed by atoms with Crippen LogP contribution in [0.15, 0.2) is 42.6 Å². The van der Waals surface area contributed by atoms with Crippen LogP contribution in [0.25, 0.3) is 11.3 Å². The van der Waals surface area contributed by atoms with Gasteiger partial charge in [0.1, 0.15) is 0 Å². The van der Waals surface area contributed by atoms with E-state index in [-0.39, 0.29) is 5.41 Å². The van der Waals surface area contributed by atoms with Gasteiger partial charge in [-0.2, -0.15) is 0 Å². The van der Waals surface area contributed by atoms with Crippen molar-refractivity contribution in [1.82, 2.24) is 4.98 Å². The molecule has 1 nitrogen and oxygen atoms in total. The van der Waals surface area contributed by atoms with Gasteiger partial charge < -0.3 is 0 Å². The fraction of sp³-hybridized carbons (Fsp3) is 0.312. The van der Waals surface area contributed by atoms with Crippen molar-refractivity contribution in [2.45, 2.75) is 33.1 Å². The average molecular weight is 225 g/mol. The number of hydrogen-bond donors (Lipinski definition) is 0. The first-order chi connectivity index (χ1) is 7.97. The van der Waals surface area contributed by atoms with Crippen LogP contribution in [0.4, 0.5) is 0 Å². The molecule has 0 aliphatic heterocycles. The van der Waals surface area contributed by atoms with Crippen molar-refractivity contribution in [2.24, 2.45) is 0 Å². The summed E-state index contributed by atoms with van der Waals surface area (Å²) in [6.07, 6.45) is 1.90. The lowest BCUT2D eigenvalue weighted by Crippen LogP contribution is -2.11. The van der Waals surface area contributed by atoms with Crippen molar-refractivity contribution in [3.8, 4) is 11.3 Å². The Bertz CT molecular complexity index is 504. The Labute approximate surface area is 104 Å². The fourth-order valence-corrected chi connectivity index (χ4v) is 1.78. The second-order valence-electron chi connectivity index (χ2n) is 5.55. The lowest BCUT2D eigenvalue weighted by Gasteiger charge is -2.19. The van der Waals surface area contributed by atoms with Gasteiger partial charge in [0, 0.05) is 11.8 Å². The van der Waals surface area contributed by atoms with Crippen LogP contribution in [0, 0.1) is 6.92 Å². The predicted octanol–water partition coefficient (Wildman–Crippen LogP) is 4.35. The number of rotatable bonds is 1. The van der Waals surface area contributed by atoms with E-state index >= 15 is 0 Å². The highest BCUT2D eigenvalue weighted by Crippen LogP contribution is 2.25. The minimum Gasteiger partial charge on any atom is -0.256 e. The summed E-state index contributed by atoms with van der Waals surface area (Å²) >= 11 is 0. The summed E-state index contributed by atoms with van der Waals surface area (Å²) in [7, 11) is 0. The summed E-state index contributed by atoms with van der Waals surface area (Å²) in [4.78, 5) is 4.45. The first kappa shape index (κ1) is 11.8. The van der Waals surface area contributed by atoms with Crippen LogP contribution < -0.4 is 0 Å². The zero-order chi connectivity index (χ0) is 12.5. The van der Waals surface area contributed by atoms with Gasteiger partial charge in [0.25, 0.3) is 0 Å². The van der Waals surface area contributed by atoms with E-state index in [1.807, 2.05) is 6.20 Å². The van der Waals surface area contributed by atoms with E-state index in [0.29, 0.717) is 0 Å². The second-order valence-corrected chi connectivity index (χ2v) is 5.55. The summed E-state index contributed by atoms with van der Waals surface area (Å²) in [5.74, 6) is 0. The molecule has 0 fully saturated rings. The van der Waals surface area contributed by atoms with E-state index in [1.54, 1.807) is 0 Å². The number of aryl methyl sites for hydroxylation is 1. The van der Waals surface area contributed by atoms with Crippen molar-refractivity contribution in [1.29, 1.82) is 0 Å². The molecule has 1 heterocycles. The quantitative estimate of drug-likeness (QED) is 0.703. The van der Waals surface area contributed by atoms with Crippen molar-refractivity contribution in [2.75, 3.05) is 0 Å². The van der Waals surface area contributed by atoms with Crippen LogP contribution >= 0.6 is 0 Å². The molecule has 0 radical (unpaired) electrons. The zero-order valence-corrected chi connectivity index (χ0v) is 11.0. The normalized spacial score (nSPS) is 11.5. The highest BCUT2D eigenvalue weighted by atomic mass is 14.7. The van der Waals surface area contributed by atoms with Crippen LogP contribution in [-0.4, -0.2) is 4.98 Å². The first-order valence-electron chi connectivity index (χ1n) is 6.00. The zero-order valence-electron chi connectivity index (χ0n) is 11.0. The molecule has 1 heteroatoms. The summed E-state index contributed by atoms with van der Waals surface area (Å²) in [5, 5.41) is 0. The molecule has 0 aliphatic rings. The molecule has 17 heavy (non-hydrogen) atoms. The molecular formula is C16H19N. The fourth-order valence-electron chi connectivity index (χ4n) is 1.78. The largest absolute Gasteiger partial charge is 0.256 e. The van der Waals surface area contributed by atoms with Gasteiger partial charge in [-0.1, -0.05) is 50.6 Å². The molecule has 0 saturated carbocycles. The van der Waals surface area contributed by atoms with E-state index in [9.17, 15) is 0 Å². The van der Waals surface area contributed by atoms with Crippen LogP contribution in [0.1, 0.15) is 31.9 Å². The Kier molecular flexibility index (Phi) is 3.01. The molecule has 0 atom stereocenters. The summed E-state index contributed by atoms with van der Waals surface area (Å²) in [6, 6.07) is 12.8. The van der Waals surface area contributed by atoms with Crippen molar-refractivity contribution in [3.63, 3.8) is 0 Å². The SMILES string of the molecule is Cc1ccc(-c2cc(C(C)(C)C)ccn2)cc1. The second kappa shape index (κ2) is 4.33. The van der Waals surface area contributed by atoms with Crippen LogP contribution in [0.5, 0.6) is 0 Å². The maximum atomic E-state index is 4.45. The van der Waals surface area contributed by atoms with E-state index < -0.39 is 0 Å². The maximum Gasteiger partial charge on any atom is 0.0704 e. The molecule has 1 aromatic carbocycles. The van der Waals surface area contributed by atoms with Crippen molar-refractivity contribution in [3.05, 3.63) is 53.7 Å². The van der Waals surface area contributed by atoms with Crippen molar-refractivity contribution >= 4 is 0 Å². The Balaban J connectivity index is 2.43. The van der Waals surface area contributed by atoms with Gasteiger partial charge in [-0.3, -0.25) is 4.98 Å². The van der Waals surface area contributed by atoms with Gasteiger partial charge in [-0.25, -0.2) is 0 Å². The first-order valence-corrected chi connectivity index (χ1v) is 6.00. The standard InChI is InChI=1S/C16H19N/c1-12-5-7-13(8-6-12)15-11-14(9-10-17-15)16(2,3)4/h5-11H,1-4H3. The van der Waals surface area contributed by atoms with E-state index in [2.05, 4.69) is 69.1 Å². The molecule has 0 N–H and O–H groups in total. The minimum atomic E-state index is 0.169. The smallest absolute Gasteiger partial charge is 0.0704 e. The van der Waals surface area contributed by atoms with Gasteiger partial charge >= 0.3 is 0 Å². The molecule has 1 aromatic heterocycles. The molecule has 88 valence electrons. The summed E-state index contributed by atoms with van der Waals surface area (Å²) in [6.45, 7) is 8.77. The topological polar surface area (TPSA) is 12.9 Å². The van der Waals surface area contributed by atoms with Crippen LogP contribution in [-0.2, 0) is 5.41 Å². The predicted molar refractivity (Wildman–Crippen MR) is 73.1 cm³/mol. The third kappa shape index (κ3) is 2.73. The number of pyridine rings is 1. The van der Waals surface area contributed by atoms with Crippen LogP contribution in [0.3, 0.4) is 0 Å². The average Bonchev–Trinajstić information content (AvgIpc) is 2.29. The number of nitrogens with zero attached hydrogens (tertiary/aromatic N) is 1. The monoisotopic (exact) mass is 225 g/mol. The van der Waals surface area contributed by atoms with Gasteiger partial charge in [-0.05, 0) is 30.0 Å². The molecule has 0 spiro atoms. The highest BCUT2D eigenvalue weighted by molar-refractivity contribution is 5.60. The van der Waals surface area contributed by atoms with E-state index in [1.165, 1.54) is 16.7 Å². The van der Waals surface area contributed by atoms with Crippen LogP contribution in [0.2, 0.25) is 0 Å². The third-order valence-corrected chi connectivity index (χ3v) is 2.97. The minimum absolute atomic E-state index is 0.169. The van der Waals surface area contributed by atoms with Gasteiger partial charge in [0.2, 0.25) is 0 Å². The van der Waals surface area contributed by atoms with Crippen molar-refractivity contribution < 1.29 is 0 Å². The Hall–Kier alpha value is -1.63. The summed E-state index contributed by atoms with van der Waals surface area (Å²) < 4.78 is 0. The Morgan fingerprint density at radius 3 is 2.18 bits per heavy atom. The van der Waals surface area contributed by atoms with Gasteiger partial charge in [-0.15, -0.1) is 0 Å². The molecule has 0 aliphatic carbocycles. The lowest BCUT2D eigenvalue weighted by atomic mass is 9.87. The molecule has 0 unspecified atom stereocenters. The number of benzene rings is 1. The van der Waals surface area contributed by atoms with Gasteiger partial charge in [0.05, 0.1) is 5.69 Å². The Morgan fingerprint density at radius 1 is 0.941 bits per heavy atom. The van der Waals surface area contributed by atoms with E-state index in [4.69, 9.17) is 0 Å². The maximum absolute atomic E-state index is 4.45. The molecule has 0 amide bonds. The molecule has 2 rings (SSSR count). The van der Waals surface area contributed by atoms with Gasteiger partial charge in [0.15, 0.2) is 0 Å². The van der Waals surface area contributed by atoms with E-state index in [0.717, 1.165) is 5.69 Å². The molecule has 0 bridgehead atoms. The third-order valence-electron chi connectivity index (χ3n) is 2.97.